The Hall–Kier alpha value is -1.22. The van der Waals surface area contributed by atoms with Crippen LogP contribution in [-0.4, -0.2) is 0 Å². The number of hydrogen-bond donors (Lipinski definition) is 0. The second-order valence-corrected chi connectivity index (χ2v) is 1.89. The van der Waals surface area contributed by atoms with Gasteiger partial charge in [-0.1, -0.05) is 18.1 Å². The molecule has 0 saturated carbocycles. The Morgan fingerprint density at radius 3 is 2.89 bits per heavy atom. The van der Waals surface area contributed by atoms with E-state index in [4.69, 9.17) is 6.42 Å². The Bertz CT molecular complexity index is 240. The highest BCUT2D eigenvalue weighted by Gasteiger charge is 1.87. The molecule has 9 heavy (non-hydrogen) atoms. The van der Waals surface area contributed by atoms with E-state index in [0.717, 1.165) is 11.1 Å². The number of rotatable bonds is 0. The Morgan fingerprint density at radius 2 is 2.44 bits per heavy atom. The molecule has 0 bridgehead atoms. The zero-order chi connectivity index (χ0) is 6.69. The molecule has 0 fully saturated rings. The van der Waals surface area contributed by atoms with Gasteiger partial charge in [0.25, 0.3) is 0 Å². The molecule has 43 valence electrons. The molecule has 0 atom stereocenters. The molecule has 0 amide bonds. The lowest BCUT2D eigenvalue weighted by Gasteiger charge is -1.92. The Balaban J connectivity index is 3.20. The van der Waals surface area contributed by atoms with Gasteiger partial charge in [-0.3, -0.25) is 0 Å². The molecule has 0 spiro atoms. The molecule has 0 nitrogen and oxygen atoms in total. The summed E-state index contributed by atoms with van der Waals surface area (Å²) in [5.74, 6) is 2.56. The zero-order valence-electron chi connectivity index (χ0n) is 5.31. The van der Waals surface area contributed by atoms with Crippen LogP contribution in [0.25, 0.3) is 0 Å². The number of benzene rings is 1. The summed E-state index contributed by atoms with van der Waals surface area (Å²) in [6.07, 6.45) is 5.18. The Morgan fingerprint density at radius 1 is 1.67 bits per heavy atom. The molecule has 1 aromatic carbocycles. The summed E-state index contributed by atoms with van der Waals surface area (Å²) in [7, 11) is 0. The molecule has 0 unspecified atom stereocenters. The fraction of sp³-hybridized carbons (Fsp3) is 0.111. The van der Waals surface area contributed by atoms with Crippen molar-refractivity contribution in [2.24, 2.45) is 0 Å². The van der Waals surface area contributed by atoms with Crippen LogP contribution in [0.2, 0.25) is 0 Å². The minimum Gasteiger partial charge on any atom is -0.115 e. The molecule has 0 saturated heterocycles. The first-order valence-electron chi connectivity index (χ1n) is 2.78. The van der Waals surface area contributed by atoms with Crippen LogP contribution in [0.4, 0.5) is 0 Å². The van der Waals surface area contributed by atoms with Gasteiger partial charge in [0, 0.05) is 5.56 Å². The standard InChI is InChI=1S/C9H7/c1-3-9-7-5-4-6-8(9)2/h1,4,6-7H,2H3. The molecule has 1 radical (unpaired) electrons. The molecule has 0 heterocycles. The van der Waals surface area contributed by atoms with Crippen molar-refractivity contribution < 1.29 is 0 Å². The summed E-state index contributed by atoms with van der Waals surface area (Å²) < 4.78 is 0. The fourth-order valence-electron chi connectivity index (χ4n) is 0.664. The average molecular weight is 115 g/mol. The molecule has 0 aliphatic carbocycles. The SMILES string of the molecule is C#Cc1c[c]ccc1C. The predicted octanol–water partition coefficient (Wildman–Crippen LogP) is 1.78. The summed E-state index contributed by atoms with van der Waals surface area (Å²) in [5, 5.41) is 0. The van der Waals surface area contributed by atoms with Crippen molar-refractivity contribution in [3.05, 3.63) is 35.4 Å². The van der Waals surface area contributed by atoms with Gasteiger partial charge in [-0.15, -0.1) is 6.42 Å². The maximum atomic E-state index is 5.18. The number of hydrogen-bond acceptors (Lipinski definition) is 0. The molecular weight excluding hydrogens is 108 g/mol. The molecular formula is C9H7. The van der Waals surface area contributed by atoms with Crippen LogP contribution in [0.15, 0.2) is 18.2 Å². The summed E-state index contributed by atoms with van der Waals surface area (Å²) in [4.78, 5) is 0. The molecule has 0 heteroatoms. The van der Waals surface area contributed by atoms with Gasteiger partial charge in [-0.05, 0) is 24.6 Å². The van der Waals surface area contributed by atoms with E-state index in [1.54, 1.807) is 0 Å². The zero-order valence-corrected chi connectivity index (χ0v) is 5.31. The van der Waals surface area contributed by atoms with Crippen molar-refractivity contribution in [3.63, 3.8) is 0 Å². The van der Waals surface area contributed by atoms with Crippen molar-refractivity contribution in [1.82, 2.24) is 0 Å². The molecule has 0 aliphatic rings. The fourth-order valence-corrected chi connectivity index (χ4v) is 0.664. The van der Waals surface area contributed by atoms with Crippen LogP contribution >= 0.6 is 0 Å². The van der Waals surface area contributed by atoms with E-state index >= 15 is 0 Å². The first kappa shape index (κ1) is 5.91. The quantitative estimate of drug-likeness (QED) is 0.452. The Labute approximate surface area is 55.5 Å². The van der Waals surface area contributed by atoms with Crippen LogP contribution in [0.3, 0.4) is 0 Å². The molecule has 0 N–H and O–H groups in total. The van der Waals surface area contributed by atoms with Crippen LogP contribution < -0.4 is 0 Å². The summed E-state index contributed by atoms with van der Waals surface area (Å²) in [5.41, 5.74) is 2.06. The van der Waals surface area contributed by atoms with Gasteiger partial charge in [0.15, 0.2) is 0 Å². The van der Waals surface area contributed by atoms with E-state index in [2.05, 4.69) is 12.0 Å². The first-order valence-corrected chi connectivity index (χ1v) is 2.78. The van der Waals surface area contributed by atoms with Gasteiger partial charge in [0.2, 0.25) is 0 Å². The smallest absolute Gasteiger partial charge is 0.0277 e. The van der Waals surface area contributed by atoms with E-state index in [1.807, 2.05) is 25.1 Å². The van der Waals surface area contributed by atoms with Gasteiger partial charge in [-0.2, -0.15) is 0 Å². The summed E-state index contributed by atoms with van der Waals surface area (Å²) in [6, 6.07) is 8.54. The largest absolute Gasteiger partial charge is 0.115 e. The van der Waals surface area contributed by atoms with Gasteiger partial charge in [0.05, 0.1) is 0 Å². The van der Waals surface area contributed by atoms with E-state index in [1.165, 1.54) is 0 Å². The second kappa shape index (κ2) is 2.37. The minimum atomic E-state index is 0.928. The van der Waals surface area contributed by atoms with Crippen molar-refractivity contribution in [2.45, 2.75) is 6.92 Å². The number of aryl methyl sites for hydroxylation is 1. The lowest BCUT2D eigenvalue weighted by Crippen LogP contribution is -1.77. The molecule has 0 aliphatic heterocycles. The highest BCUT2D eigenvalue weighted by atomic mass is 13.9. The van der Waals surface area contributed by atoms with Crippen molar-refractivity contribution in [3.8, 4) is 12.3 Å². The normalized spacial score (nSPS) is 8.44. The lowest BCUT2D eigenvalue weighted by molar-refractivity contribution is 1.43. The topological polar surface area (TPSA) is 0 Å². The van der Waals surface area contributed by atoms with Crippen LogP contribution in [0.5, 0.6) is 0 Å². The molecule has 0 aromatic heterocycles. The molecule has 1 rings (SSSR count). The van der Waals surface area contributed by atoms with E-state index in [9.17, 15) is 0 Å². The van der Waals surface area contributed by atoms with Gasteiger partial charge < -0.3 is 0 Å². The minimum absolute atomic E-state index is 0.928. The van der Waals surface area contributed by atoms with Crippen molar-refractivity contribution >= 4 is 0 Å². The third-order valence-corrected chi connectivity index (χ3v) is 1.24. The van der Waals surface area contributed by atoms with E-state index in [-0.39, 0.29) is 0 Å². The highest BCUT2D eigenvalue weighted by Crippen LogP contribution is 2.02. The van der Waals surface area contributed by atoms with Gasteiger partial charge in [0.1, 0.15) is 0 Å². The predicted molar refractivity (Wildman–Crippen MR) is 38.0 cm³/mol. The van der Waals surface area contributed by atoms with Crippen molar-refractivity contribution in [1.29, 1.82) is 0 Å². The lowest BCUT2D eigenvalue weighted by atomic mass is 10.1. The van der Waals surface area contributed by atoms with E-state index in [0.29, 0.717) is 0 Å². The van der Waals surface area contributed by atoms with Crippen LogP contribution in [0, 0.1) is 25.3 Å². The van der Waals surface area contributed by atoms with Crippen LogP contribution in [-0.2, 0) is 0 Å². The Kier molecular flexibility index (Phi) is 1.55. The third kappa shape index (κ3) is 1.12. The van der Waals surface area contributed by atoms with Gasteiger partial charge in [-0.25, -0.2) is 0 Å². The first-order chi connectivity index (χ1) is 4.34. The maximum Gasteiger partial charge on any atom is 0.0277 e. The summed E-state index contributed by atoms with van der Waals surface area (Å²) >= 11 is 0. The van der Waals surface area contributed by atoms with Crippen LogP contribution in [0.1, 0.15) is 11.1 Å². The molecule has 1 aromatic rings. The third-order valence-electron chi connectivity index (χ3n) is 1.24. The van der Waals surface area contributed by atoms with E-state index < -0.39 is 0 Å². The average Bonchev–Trinajstić information content (AvgIpc) is 1.89. The number of terminal acetylenes is 1. The van der Waals surface area contributed by atoms with Crippen molar-refractivity contribution in [2.75, 3.05) is 0 Å². The highest BCUT2D eigenvalue weighted by molar-refractivity contribution is 5.38. The monoisotopic (exact) mass is 115 g/mol. The second-order valence-electron chi connectivity index (χ2n) is 1.89. The maximum absolute atomic E-state index is 5.18. The summed E-state index contributed by atoms with van der Waals surface area (Å²) in [6.45, 7) is 1.99. The van der Waals surface area contributed by atoms with Gasteiger partial charge >= 0.3 is 0 Å².